The summed E-state index contributed by atoms with van der Waals surface area (Å²) in [6, 6.07) is 52.5. The largest absolute Gasteiger partial charge is 0.456 e. The summed E-state index contributed by atoms with van der Waals surface area (Å²) in [6.07, 6.45) is 0. The van der Waals surface area contributed by atoms with Crippen LogP contribution in [0.25, 0.3) is 75.5 Å². The van der Waals surface area contributed by atoms with Crippen molar-refractivity contribution in [3.8, 4) is 56.0 Å². The molecule has 0 fully saturated rings. The third-order valence-electron chi connectivity index (χ3n) is 8.50. The molecule has 0 N–H and O–H groups in total. The second kappa shape index (κ2) is 9.17. The molecule has 0 unspecified atom stereocenters. The van der Waals surface area contributed by atoms with Crippen molar-refractivity contribution < 1.29 is 4.74 Å². The highest BCUT2D eigenvalue weighted by molar-refractivity contribution is 7.25. The Bertz CT molecular complexity index is 2320. The highest BCUT2D eigenvalue weighted by Crippen LogP contribution is 2.48. The van der Waals surface area contributed by atoms with Crippen molar-refractivity contribution in [2.24, 2.45) is 0 Å². The molecule has 2 heteroatoms. The molecule has 0 saturated carbocycles. The van der Waals surface area contributed by atoms with Crippen LogP contribution in [0.1, 0.15) is 0 Å². The van der Waals surface area contributed by atoms with Gasteiger partial charge in [0.15, 0.2) is 0 Å². The van der Waals surface area contributed by atoms with Crippen molar-refractivity contribution >= 4 is 42.3 Å². The van der Waals surface area contributed by atoms with Gasteiger partial charge in [-0.1, -0.05) is 115 Å². The van der Waals surface area contributed by atoms with Gasteiger partial charge in [-0.05, 0) is 74.7 Å². The zero-order valence-electron chi connectivity index (χ0n) is 22.7. The highest BCUT2D eigenvalue weighted by Gasteiger charge is 2.21. The Labute approximate surface area is 247 Å². The molecule has 0 bridgehead atoms. The molecule has 1 aliphatic rings. The van der Waals surface area contributed by atoms with Gasteiger partial charge in [0.1, 0.15) is 11.5 Å². The van der Waals surface area contributed by atoms with Gasteiger partial charge in [-0.25, -0.2) is 0 Å². The van der Waals surface area contributed by atoms with Gasteiger partial charge >= 0.3 is 0 Å². The fourth-order valence-corrected chi connectivity index (χ4v) is 7.69. The summed E-state index contributed by atoms with van der Waals surface area (Å²) in [5, 5.41) is 5.07. The summed E-state index contributed by atoms with van der Waals surface area (Å²) in [6.45, 7) is 0. The second-order valence-electron chi connectivity index (χ2n) is 10.9. The molecule has 0 atom stereocenters. The number of benzene rings is 7. The molecule has 8 aromatic rings. The summed E-state index contributed by atoms with van der Waals surface area (Å²) in [5.41, 5.74) is 9.75. The average molecular weight is 553 g/mol. The zero-order valence-corrected chi connectivity index (χ0v) is 23.5. The van der Waals surface area contributed by atoms with Gasteiger partial charge in [-0.15, -0.1) is 11.3 Å². The molecule has 1 aromatic heterocycles. The van der Waals surface area contributed by atoms with Crippen molar-refractivity contribution in [1.82, 2.24) is 0 Å². The Morgan fingerprint density at radius 2 is 1.05 bits per heavy atom. The topological polar surface area (TPSA) is 9.23 Å². The molecule has 0 spiro atoms. The quantitative estimate of drug-likeness (QED) is 0.212. The molecule has 0 radical (unpaired) electrons. The molecular weight excluding hydrogens is 529 g/mol. The SMILES string of the molecule is c1cc(-c2ccc(-c3cccc4sc5ccccc5c34)cc2)cc(-c2ccc3c4c(cccc24)-c2ccccc2O3)c1. The summed E-state index contributed by atoms with van der Waals surface area (Å²) < 4.78 is 9.00. The van der Waals surface area contributed by atoms with Gasteiger partial charge in [0.25, 0.3) is 0 Å². The van der Waals surface area contributed by atoms with Crippen molar-refractivity contribution in [1.29, 1.82) is 0 Å². The predicted molar refractivity (Wildman–Crippen MR) is 179 cm³/mol. The van der Waals surface area contributed by atoms with Gasteiger partial charge in [-0.3, -0.25) is 0 Å². The molecule has 9 rings (SSSR count). The van der Waals surface area contributed by atoms with E-state index < -0.39 is 0 Å². The van der Waals surface area contributed by atoms with Crippen molar-refractivity contribution in [3.63, 3.8) is 0 Å². The average Bonchev–Trinajstić information content (AvgIpc) is 3.44. The molecule has 196 valence electrons. The maximum Gasteiger partial charge on any atom is 0.135 e. The number of rotatable bonds is 3. The fraction of sp³-hybridized carbons (Fsp3) is 0. The van der Waals surface area contributed by atoms with E-state index in [0.717, 1.165) is 17.1 Å². The van der Waals surface area contributed by atoms with E-state index in [1.165, 1.54) is 69.9 Å². The third-order valence-corrected chi connectivity index (χ3v) is 9.64. The van der Waals surface area contributed by atoms with Crippen LogP contribution in [0.15, 0.2) is 146 Å². The van der Waals surface area contributed by atoms with Gasteiger partial charge in [0.05, 0.1) is 0 Å². The summed E-state index contributed by atoms with van der Waals surface area (Å²) in [5.74, 6) is 1.84. The van der Waals surface area contributed by atoms with Crippen LogP contribution in [0.5, 0.6) is 11.5 Å². The Balaban J connectivity index is 1.12. The normalized spacial score (nSPS) is 12.0. The van der Waals surface area contributed by atoms with E-state index in [0.29, 0.717) is 0 Å². The van der Waals surface area contributed by atoms with E-state index in [1.807, 2.05) is 23.5 Å². The van der Waals surface area contributed by atoms with Crippen LogP contribution in [-0.2, 0) is 0 Å². The number of thiophene rings is 1. The van der Waals surface area contributed by atoms with Crippen LogP contribution in [-0.4, -0.2) is 0 Å². The molecule has 1 nitrogen and oxygen atoms in total. The molecule has 42 heavy (non-hydrogen) atoms. The van der Waals surface area contributed by atoms with E-state index in [-0.39, 0.29) is 0 Å². The lowest BCUT2D eigenvalue weighted by atomic mass is 9.89. The lowest BCUT2D eigenvalue weighted by molar-refractivity contribution is 0.487. The van der Waals surface area contributed by atoms with E-state index in [2.05, 4.69) is 133 Å². The molecule has 0 saturated heterocycles. The molecule has 2 heterocycles. The smallest absolute Gasteiger partial charge is 0.135 e. The van der Waals surface area contributed by atoms with Gasteiger partial charge in [0.2, 0.25) is 0 Å². The Kier molecular flexibility index (Phi) is 5.13. The fourth-order valence-electron chi connectivity index (χ4n) is 6.56. The number of para-hydroxylation sites is 1. The van der Waals surface area contributed by atoms with Crippen molar-refractivity contribution in [3.05, 3.63) is 146 Å². The molecule has 0 aliphatic carbocycles. The van der Waals surface area contributed by atoms with Crippen LogP contribution in [0, 0.1) is 0 Å². The van der Waals surface area contributed by atoms with E-state index in [9.17, 15) is 0 Å². The third kappa shape index (κ3) is 3.56. The van der Waals surface area contributed by atoms with E-state index in [1.54, 1.807) is 0 Å². The van der Waals surface area contributed by atoms with Crippen LogP contribution in [0.3, 0.4) is 0 Å². The van der Waals surface area contributed by atoms with Gasteiger partial charge < -0.3 is 4.74 Å². The monoisotopic (exact) mass is 552 g/mol. The van der Waals surface area contributed by atoms with Gasteiger partial charge in [-0.2, -0.15) is 0 Å². The summed E-state index contributed by atoms with van der Waals surface area (Å²) in [4.78, 5) is 0. The molecule has 1 aliphatic heterocycles. The minimum absolute atomic E-state index is 0.916. The maximum atomic E-state index is 6.33. The Hall–Kier alpha value is -5.18. The van der Waals surface area contributed by atoms with Crippen molar-refractivity contribution in [2.75, 3.05) is 0 Å². The van der Waals surface area contributed by atoms with Crippen LogP contribution < -0.4 is 4.74 Å². The Morgan fingerprint density at radius 1 is 0.357 bits per heavy atom. The van der Waals surface area contributed by atoms with Gasteiger partial charge in [0, 0.05) is 31.1 Å². The van der Waals surface area contributed by atoms with E-state index in [4.69, 9.17) is 4.74 Å². The number of ether oxygens (including phenoxy) is 1. The highest BCUT2D eigenvalue weighted by atomic mass is 32.1. The van der Waals surface area contributed by atoms with Crippen LogP contribution in [0.4, 0.5) is 0 Å². The standard InChI is InChI=1S/C40H24OS/c1-3-15-35-31(10-1)33-14-6-13-32-29(22-23-36(41-35)39(32)33)28-9-5-8-27(24-28)25-18-20-26(21-19-25)30-12-7-17-38-40(30)34-11-2-4-16-37(34)42-38/h1-24H. The first-order valence-corrected chi connectivity index (χ1v) is 15.1. The first kappa shape index (κ1) is 23.5. The molecule has 0 amide bonds. The van der Waals surface area contributed by atoms with E-state index >= 15 is 0 Å². The molecule has 7 aromatic carbocycles. The van der Waals surface area contributed by atoms with Crippen LogP contribution >= 0.6 is 11.3 Å². The first-order chi connectivity index (χ1) is 20.8. The Morgan fingerprint density at radius 3 is 2.00 bits per heavy atom. The second-order valence-corrected chi connectivity index (χ2v) is 12.0. The molecular formula is C40H24OS. The lowest BCUT2D eigenvalue weighted by Crippen LogP contribution is -1.97. The van der Waals surface area contributed by atoms with Crippen molar-refractivity contribution in [2.45, 2.75) is 0 Å². The minimum Gasteiger partial charge on any atom is -0.456 e. The predicted octanol–water partition coefficient (Wildman–Crippen LogP) is 12.0. The summed E-state index contributed by atoms with van der Waals surface area (Å²) in [7, 11) is 0. The van der Waals surface area contributed by atoms with Crippen LogP contribution in [0.2, 0.25) is 0 Å². The first-order valence-electron chi connectivity index (χ1n) is 14.3. The maximum absolute atomic E-state index is 6.33. The summed E-state index contributed by atoms with van der Waals surface area (Å²) >= 11 is 1.87. The minimum atomic E-state index is 0.916. The number of hydrogen-bond acceptors (Lipinski definition) is 2. The zero-order chi connectivity index (χ0) is 27.6. The lowest BCUT2D eigenvalue weighted by Gasteiger charge is -2.22. The number of fused-ring (bicyclic) bond motifs is 5. The number of hydrogen-bond donors (Lipinski definition) is 0.